The minimum Gasteiger partial charge on any atom is -0.497 e. The monoisotopic (exact) mass is 356 g/mol. The third-order valence-electron chi connectivity index (χ3n) is 4.52. The molecule has 3 rings (SSSR count). The third-order valence-corrected chi connectivity index (χ3v) is 4.52. The highest BCUT2D eigenvalue weighted by atomic mass is 19.1. The molecule has 0 unspecified atom stereocenters. The fraction of sp³-hybridized carbons (Fsp3) is 0.300. The van der Waals surface area contributed by atoms with Gasteiger partial charge in [-0.15, -0.1) is 0 Å². The number of nitrogens with one attached hydrogen (secondary N) is 2. The van der Waals surface area contributed by atoms with Gasteiger partial charge in [0.25, 0.3) is 5.91 Å². The number of halogens is 1. The van der Waals surface area contributed by atoms with Crippen LogP contribution in [0.1, 0.15) is 29.3 Å². The number of amides is 2. The molecule has 2 aromatic carbocycles. The van der Waals surface area contributed by atoms with E-state index in [1.54, 1.807) is 7.11 Å². The van der Waals surface area contributed by atoms with Crippen molar-refractivity contribution in [3.63, 3.8) is 0 Å². The van der Waals surface area contributed by atoms with E-state index in [1.807, 2.05) is 31.2 Å². The van der Waals surface area contributed by atoms with Gasteiger partial charge in [-0.1, -0.05) is 19.1 Å². The minimum absolute atomic E-state index is 0.0345. The van der Waals surface area contributed by atoms with Crippen LogP contribution in [0.15, 0.2) is 42.5 Å². The number of methoxy groups -OCH3 is 1. The molecule has 1 aliphatic rings. The molecule has 1 fully saturated rings. The molecular weight excluding hydrogens is 335 g/mol. The number of benzene rings is 2. The minimum atomic E-state index is -0.533. The lowest BCUT2D eigenvalue weighted by atomic mass is 10.1. The van der Waals surface area contributed by atoms with E-state index < -0.39 is 11.7 Å². The van der Waals surface area contributed by atoms with Crippen LogP contribution in [0.3, 0.4) is 0 Å². The summed E-state index contributed by atoms with van der Waals surface area (Å²) in [6.45, 7) is 2.26. The summed E-state index contributed by atoms with van der Waals surface area (Å²) < 4.78 is 18.8. The molecule has 26 heavy (non-hydrogen) atoms. The van der Waals surface area contributed by atoms with Crippen molar-refractivity contribution in [2.75, 3.05) is 12.4 Å². The average molecular weight is 356 g/mol. The van der Waals surface area contributed by atoms with Crippen LogP contribution in [0.4, 0.5) is 10.1 Å². The van der Waals surface area contributed by atoms with Crippen LogP contribution in [-0.2, 0) is 11.3 Å². The van der Waals surface area contributed by atoms with Crippen LogP contribution in [0.2, 0.25) is 0 Å². The zero-order valence-corrected chi connectivity index (χ0v) is 14.7. The Hall–Kier alpha value is -2.89. The van der Waals surface area contributed by atoms with Gasteiger partial charge in [0.05, 0.1) is 18.4 Å². The first-order chi connectivity index (χ1) is 12.5. The Balaban J connectivity index is 1.71. The summed E-state index contributed by atoms with van der Waals surface area (Å²) in [7, 11) is 1.57. The van der Waals surface area contributed by atoms with Crippen molar-refractivity contribution < 1.29 is 18.7 Å². The van der Waals surface area contributed by atoms with Crippen molar-refractivity contribution in [2.45, 2.75) is 19.9 Å². The van der Waals surface area contributed by atoms with Crippen LogP contribution in [0, 0.1) is 17.7 Å². The maximum absolute atomic E-state index is 13.6. The van der Waals surface area contributed by atoms with E-state index in [2.05, 4.69) is 10.6 Å². The Bertz CT molecular complexity index is 838. The highest BCUT2D eigenvalue weighted by Crippen LogP contribution is 2.38. The Morgan fingerprint density at radius 1 is 1.23 bits per heavy atom. The molecule has 1 aliphatic carbocycles. The van der Waals surface area contributed by atoms with Crippen molar-refractivity contribution in [3.8, 4) is 5.75 Å². The van der Waals surface area contributed by atoms with Gasteiger partial charge in [-0.05, 0) is 48.2 Å². The molecule has 2 N–H and O–H groups in total. The second kappa shape index (κ2) is 7.56. The molecule has 0 aliphatic heterocycles. The Labute approximate surface area is 151 Å². The number of hydrogen-bond acceptors (Lipinski definition) is 3. The maximum atomic E-state index is 13.6. The summed E-state index contributed by atoms with van der Waals surface area (Å²) in [5.74, 6) is -0.116. The van der Waals surface area contributed by atoms with Crippen LogP contribution >= 0.6 is 0 Å². The van der Waals surface area contributed by atoms with Crippen molar-refractivity contribution in [1.82, 2.24) is 5.32 Å². The molecular formula is C20H21FN2O3. The van der Waals surface area contributed by atoms with Gasteiger partial charge < -0.3 is 15.4 Å². The van der Waals surface area contributed by atoms with Crippen molar-refractivity contribution in [1.29, 1.82) is 0 Å². The molecule has 6 heteroatoms. The highest BCUT2D eigenvalue weighted by molar-refractivity contribution is 6.04. The summed E-state index contributed by atoms with van der Waals surface area (Å²) >= 11 is 0. The van der Waals surface area contributed by atoms with Crippen LogP contribution in [-0.4, -0.2) is 18.9 Å². The lowest BCUT2D eigenvalue weighted by molar-refractivity contribution is -0.117. The van der Waals surface area contributed by atoms with E-state index in [1.165, 1.54) is 12.1 Å². The topological polar surface area (TPSA) is 67.4 Å². The predicted octanol–water partition coefficient (Wildman–Crippen LogP) is 3.36. The van der Waals surface area contributed by atoms with Crippen molar-refractivity contribution >= 4 is 17.5 Å². The zero-order valence-electron chi connectivity index (χ0n) is 14.7. The Morgan fingerprint density at radius 3 is 2.69 bits per heavy atom. The number of carbonyl (C=O) groups is 2. The second-order valence-electron chi connectivity index (χ2n) is 6.53. The summed E-state index contributed by atoms with van der Waals surface area (Å²) in [5.41, 5.74) is 1.28. The average Bonchev–Trinajstić information content (AvgIpc) is 3.38. The number of ether oxygens (including phenoxy) is 1. The van der Waals surface area contributed by atoms with E-state index in [-0.39, 0.29) is 23.9 Å². The molecule has 0 heterocycles. The Morgan fingerprint density at radius 2 is 2.00 bits per heavy atom. The quantitative estimate of drug-likeness (QED) is 0.834. The standard InChI is InChI=1S/C20H21FN2O3/c1-12-8-16(12)20(25)23-18-7-6-14(21)10-17(18)19(24)22-11-13-4-3-5-15(9-13)26-2/h3-7,9-10,12,16H,8,11H2,1-2H3,(H,22,24)(H,23,25)/t12-,16-/m1/s1. The number of rotatable bonds is 6. The van der Waals surface area contributed by atoms with Crippen molar-refractivity contribution in [2.24, 2.45) is 11.8 Å². The summed E-state index contributed by atoms with van der Waals surface area (Å²) in [4.78, 5) is 24.7. The third kappa shape index (κ3) is 4.20. The number of hydrogen-bond donors (Lipinski definition) is 2. The lowest BCUT2D eigenvalue weighted by Gasteiger charge is -2.12. The van der Waals surface area contributed by atoms with Crippen LogP contribution in [0.5, 0.6) is 5.75 Å². The van der Waals surface area contributed by atoms with Gasteiger partial charge in [-0.25, -0.2) is 4.39 Å². The van der Waals surface area contributed by atoms with Gasteiger partial charge in [0.15, 0.2) is 0 Å². The predicted molar refractivity (Wildman–Crippen MR) is 96.5 cm³/mol. The molecule has 0 bridgehead atoms. The first kappa shape index (κ1) is 17.9. The van der Waals surface area contributed by atoms with E-state index in [9.17, 15) is 14.0 Å². The molecule has 1 saturated carbocycles. The van der Waals surface area contributed by atoms with Gasteiger partial charge >= 0.3 is 0 Å². The largest absolute Gasteiger partial charge is 0.497 e. The summed E-state index contributed by atoms with van der Waals surface area (Å²) in [5, 5.41) is 5.49. The van der Waals surface area contributed by atoms with E-state index in [4.69, 9.17) is 4.74 Å². The molecule has 0 radical (unpaired) electrons. The highest BCUT2D eigenvalue weighted by Gasteiger charge is 2.39. The fourth-order valence-electron chi connectivity index (χ4n) is 2.79. The molecule has 2 amide bonds. The molecule has 0 saturated heterocycles. The summed E-state index contributed by atoms with van der Waals surface area (Å²) in [6, 6.07) is 11.1. The van der Waals surface area contributed by atoms with Gasteiger partial charge in [-0.3, -0.25) is 9.59 Å². The fourth-order valence-corrected chi connectivity index (χ4v) is 2.79. The van der Waals surface area contributed by atoms with E-state index >= 15 is 0 Å². The van der Waals surface area contributed by atoms with Gasteiger partial charge in [0.1, 0.15) is 11.6 Å². The van der Waals surface area contributed by atoms with Crippen LogP contribution < -0.4 is 15.4 Å². The number of carbonyl (C=O) groups excluding carboxylic acids is 2. The zero-order chi connectivity index (χ0) is 18.7. The molecule has 0 aromatic heterocycles. The normalized spacial score (nSPS) is 18.1. The second-order valence-corrected chi connectivity index (χ2v) is 6.53. The molecule has 0 spiro atoms. The van der Waals surface area contributed by atoms with E-state index in [0.29, 0.717) is 17.4 Å². The Kier molecular flexibility index (Phi) is 5.21. The smallest absolute Gasteiger partial charge is 0.253 e. The summed E-state index contributed by atoms with van der Waals surface area (Å²) in [6.07, 6.45) is 0.838. The van der Waals surface area contributed by atoms with Gasteiger partial charge in [-0.2, -0.15) is 0 Å². The van der Waals surface area contributed by atoms with Gasteiger partial charge in [0.2, 0.25) is 5.91 Å². The van der Waals surface area contributed by atoms with Crippen molar-refractivity contribution in [3.05, 3.63) is 59.4 Å². The first-order valence-corrected chi connectivity index (χ1v) is 8.49. The number of anilines is 1. The molecule has 136 valence electrons. The maximum Gasteiger partial charge on any atom is 0.253 e. The molecule has 2 aromatic rings. The molecule has 5 nitrogen and oxygen atoms in total. The van der Waals surface area contributed by atoms with E-state index in [0.717, 1.165) is 18.1 Å². The first-order valence-electron chi connectivity index (χ1n) is 8.49. The van der Waals surface area contributed by atoms with Crippen LogP contribution in [0.25, 0.3) is 0 Å². The van der Waals surface area contributed by atoms with Gasteiger partial charge in [0, 0.05) is 12.5 Å². The lowest BCUT2D eigenvalue weighted by Crippen LogP contribution is -2.25. The SMILES string of the molecule is COc1cccc(CNC(=O)c2cc(F)ccc2NC(=O)[C@@H]2C[C@H]2C)c1. The molecule has 2 atom stereocenters.